The van der Waals surface area contributed by atoms with Gasteiger partial charge in [-0.2, -0.15) is 0 Å². The summed E-state index contributed by atoms with van der Waals surface area (Å²) in [6, 6.07) is 13.7. The number of para-hydroxylation sites is 1. The van der Waals surface area contributed by atoms with Crippen molar-refractivity contribution < 1.29 is 8.91 Å². The zero-order valence-electron chi connectivity index (χ0n) is 16.1. The standard InChI is InChI=1S/C19H24N2OS/c1-2-19(22)21(16-7-4-3-5-8-16)17-10-12-20(13-11-17)15-18-9-6-14-23-18/h3-9,14,17H,2,10-13,15H2,1H3/i1D3. The second-order valence-electron chi connectivity index (χ2n) is 5.86. The quantitative estimate of drug-likeness (QED) is 0.821. The number of hydrogen-bond donors (Lipinski definition) is 0. The molecule has 1 aliphatic rings. The molecule has 0 unspecified atom stereocenters. The average Bonchev–Trinajstić information content (AvgIpc) is 3.09. The number of carbonyl (C=O) groups excluding carboxylic acids is 1. The molecule has 1 aliphatic heterocycles. The van der Waals surface area contributed by atoms with Crippen LogP contribution in [-0.2, 0) is 11.3 Å². The second-order valence-corrected chi connectivity index (χ2v) is 6.89. The summed E-state index contributed by atoms with van der Waals surface area (Å²) < 4.78 is 22.4. The van der Waals surface area contributed by atoms with Crippen LogP contribution >= 0.6 is 11.3 Å². The number of piperidine rings is 1. The number of hydrogen-bond acceptors (Lipinski definition) is 3. The molecule has 2 heterocycles. The largest absolute Gasteiger partial charge is 0.309 e. The van der Waals surface area contributed by atoms with Gasteiger partial charge in [0.15, 0.2) is 0 Å². The van der Waals surface area contributed by atoms with Crippen LogP contribution in [0.2, 0.25) is 0 Å². The summed E-state index contributed by atoms with van der Waals surface area (Å²) in [5, 5.41) is 2.09. The van der Waals surface area contributed by atoms with Crippen LogP contribution in [0, 0.1) is 0 Å². The molecule has 2 aromatic rings. The molecule has 0 spiro atoms. The predicted octanol–water partition coefficient (Wildman–Crippen LogP) is 4.16. The maximum atomic E-state index is 12.8. The van der Waals surface area contributed by atoms with E-state index in [1.165, 1.54) is 4.88 Å². The van der Waals surface area contributed by atoms with E-state index in [1.807, 2.05) is 30.3 Å². The number of benzene rings is 1. The number of likely N-dealkylation sites (tertiary alicyclic amines) is 1. The summed E-state index contributed by atoms with van der Waals surface area (Å²) in [5.74, 6) is -0.312. The molecule has 1 aromatic heterocycles. The van der Waals surface area contributed by atoms with Crippen LogP contribution in [0.4, 0.5) is 5.69 Å². The summed E-state index contributed by atoms with van der Waals surface area (Å²) >= 11 is 1.76. The Labute approximate surface area is 146 Å². The highest BCUT2D eigenvalue weighted by molar-refractivity contribution is 7.09. The number of carbonyl (C=O) groups is 1. The minimum absolute atomic E-state index is 0.0480. The Hall–Kier alpha value is -1.65. The van der Waals surface area contributed by atoms with Gasteiger partial charge >= 0.3 is 0 Å². The molecule has 0 saturated carbocycles. The minimum Gasteiger partial charge on any atom is -0.309 e. The van der Waals surface area contributed by atoms with Crippen LogP contribution < -0.4 is 4.90 Å². The monoisotopic (exact) mass is 331 g/mol. The summed E-state index contributed by atoms with van der Waals surface area (Å²) in [5.41, 5.74) is 0.790. The van der Waals surface area contributed by atoms with Crippen molar-refractivity contribution in [1.82, 2.24) is 4.90 Å². The number of thiophene rings is 1. The van der Waals surface area contributed by atoms with E-state index in [9.17, 15) is 4.79 Å². The molecule has 0 radical (unpaired) electrons. The molecule has 1 amide bonds. The number of rotatable bonds is 5. The van der Waals surface area contributed by atoms with Crippen molar-refractivity contribution >= 4 is 22.9 Å². The highest BCUT2D eigenvalue weighted by Gasteiger charge is 2.28. The molecular weight excluding hydrogens is 304 g/mol. The van der Waals surface area contributed by atoms with Gasteiger partial charge in [-0.25, -0.2) is 0 Å². The maximum absolute atomic E-state index is 12.8. The van der Waals surface area contributed by atoms with Crippen molar-refractivity contribution in [3.63, 3.8) is 0 Å². The molecular formula is C19H24N2OS. The van der Waals surface area contributed by atoms with Crippen molar-refractivity contribution in [2.45, 2.75) is 38.7 Å². The van der Waals surface area contributed by atoms with E-state index in [0.717, 1.165) is 38.2 Å². The van der Waals surface area contributed by atoms with Gasteiger partial charge in [0.2, 0.25) is 5.91 Å². The van der Waals surface area contributed by atoms with Crippen molar-refractivity contribution in [2.75, 3.05) is 18.0 Å². The molecule has 1 saturated heterocycles. The smallest absolute Gasteiger partial charge is 0.226 e. The molecule has 0 bridgehead atoms. The topological polar surface area (TPSA) is 23.6 Å². The maximum Gasteiger partial charge on any atom is 0.226 e. The van der Waals surface area contributed by atoms with Gasteiger partial charge in [0.1, 0.15) is 0 Å². The lowest BCUT2D eigenvalue weighted by molar-refractivity contribution is -0.119. The van der Waals surface area contributed by atoms with Gasteiger partial charge in [-0.3, -0.25) is 9.69 Å². The Morgan fingerprint density at radius 1 is 1.26 bits per heavy atom. The molecule has 0 aliphatic carbocycles. The third kappa shape index (κ3) is 4.01. The van der Waals surface area contributed by atoms with Gasteiger partial charge in [0.05, 0.1) is 0 Å². The molecule has 3 rings (SSSR count). The third-order valence-electron chi connectivity index (χ3n) is 4.34. The van der Waals surface area contributed by atoms with Gasteiger partial charge in [0, 0.05) is 46.8 Å². The molecule has 23 heavy (non-hydrogen) atoms. The second kappa shape index (κ2) is 7.75. The lowest BCUT2D eigenvalue weighted by atomic mass is 10.0. The van der Waals surface area contributed by atoms with E-state index >= 15 is 0 Å². The molecule has 3 nitrogen and oxygen atoms in total. The van der Waals surface area contributed by atoms with E-state index in [4.69, 9.17) is 4.11 Å². The third-order valence-corrected chi connectivity index (χ3v) is 5.20. The fourth-order valence-corrected chi connectivity index (χ4v) is 3.94. The summed E-state index contributed by atoms with van der Waals surface area (Å²) in [6.45, 7) is 0.517. The Bertz CT molecular complexity index is 695. The Morgan fingerprint density at radius 2 is 2.04 bits per heavy atom. The van der Waals surface area contributed by atoms with Crippen molar-refractivity contribution in [3.05, 3.63) is 52.7 Å². The normalized spacial score (nSPS) is 18.9. The zero-order valence-corrected chi connectivity index (χ0v) is 14.0. The number of amides is 1. The molecule has 4 heteroatoms. The average molecular weight is 331 g/mol. The fourth-order valence-electron chi connectivity index (χ4n) is 3.19. The molecule has 1 aromatic carbocycles. The van der Waals surface area contributed by atoms with Crippen LogP contribution in [0.15, 0.2) is 47.8 Å². The van der Waals surface area contributed by atoms with Gasteiger partial charge in [-0.05, 0) is 36.4 Å². The fraction of sp³-hybridized carbons (Fsp3) is 0.421. The molecule has 1 fully saturated rings. The molecule has 0 atom stereocenters. The van der Waals surface area contributed by atoms with Crippen LogP contribution in [0.25, 0.3) is 0 Å². The Morgan fingerprint density at radius 3 is 2.70 bits per heavy atom. The summed E-state index contributed by atoms with van der Waals surface area (Å²) in [6.07, 6.45) is 1.29. The minimum atomic E-state index is -2.25. The van der Waals surface area contributed by atoms with Crippen LogP contribution in [0.1, 0.15) is 35.1 Å². The lowest BCUT2D eigenvalue weighted by Gasteiger charge is -2.38. The van der Waals surface area contributed by atoms with Gasteiger partial charge in [-0.1, -0.05) is 31.1 Å². The van der Waals surface area contributed by atoms with Crippen molar-refractivity contribution in [1.29, 1.82) is 0 Å². The van der Waals surface area contributed by atoms with E-state index in [1.54, 1.807) is 16.2 Å². The Kier molecular flexibility index (Phi) is 4.29. The number of anilines is 1. The van der Waals surface area contributed by atoms with Crippen LogP contribution in [-0.4, -0.2) is 29.9 Å². The Balaban J connectivity index is 1.68. The first-order valence-corrected chi connectivity index (χ1v) is 8.92. The van der Waals surface area contributed by atoms with E-state index in [2.05, 4.69) is 22.4 Å². The first-order valence-electron chi connectivity index (χ1n) is 9.54. The summed E-state index contributed by atoms with van der Waals surface area (Å²) in [7, 11) is 0. The van der Waals surface area contributed by atoms with Gasteiger partial charge in [-0.15, -0.1) is 11.3 Å². The number of nitrogens with zero attached hydrogens (tertiary/aromatic N) is 2. The SMILES string of the molecule is [2H]C([2H])([2H])CC(=O)N(c1ccccc1)C1CCN(Cc2cccs2)CC1. The first kappa shape index (κ1) is 12.7. The molecule has 0 N–H and O–H groups in total. The van der Waals surface area contributed by atoms with Gasteiger partial charge < -0.3 is 4.90 Å². The highest BCUT2D eigenvalue weighted by atomic mass is 32.1. The lowest BCUT2D eigenvalue weighted by Crippen LogP contribution is -2.47. The zero-order chi connectivity index (χ0) is 18.6. The highest BCUT2D eigenvalue weighted by Crippen LogP contribution is 2.25. The van der Waals surface area contributed by atoms with E-state index < -0.39 is 13.3 Å². The van der Waals surface area contributed by atoms with Crippen molar-refractivity contribution in [2.24, 2.45) is 0 Å². The predicted molar refractivity (Wildman–Crippen MR) is 96.8 cm³/mol. The van der Waals surface area contributed by atoms with E-state index in [-0.39, 0.29) is 11.9 Å². The first-order chi connectivity index (χ1) is 12.4. The molecule has 122 valence electrons. The van der Waals surface area contributed by atoms with Crippen LogP contribution in [0.3, 0.4) is 0 Å². The van der Waals surface area contributed by atoms with Crippen LogP contribution in [0.5, 0.6) is 0 Å². The van der Waals surface area contributed by atoms with Gasteiger partial charge in [0.25, 0.3) is 0 Å². The summed E-state index contributed by atoms with van der Waals surface area (Å²) in [4.78, 5) is 18.2. The van der Waals surface area contributed by atoms with E-state index in [0.29, 0.717) is 0 Å². The van der Waals surface area contributed by atoms with Crippen molar-refractivity contribution in [3.8, 4) is 0 Å².